The van der Waals surface area contributed by atoms with E-state index in [0.717, 1.165) is 5.56 Å². The van der Waals surface area contributed by atoms with Gasteiger partial charge in [-0.1, -0.05) is 29.8 Å². The lowest BCUT2D eigenvalue weighted by molar-refractivity contribution is 0.0735. The first-order valence-electron chi connectivity index (χ1n) is 6.57. The van der Waals surface area contributed by atoms with Crippen molar-refractivity contribution in [1.82, 2.24) is 15.1 Å². The smallest absolute Gasteiger partial charge is 0.274 e. The topological polar surface area (TPSA) is 58.1 Å². The minimum absolute atomic E-state index is 0.156. The molecule has 110 valence electrons. The van der Waals surface area contributed by atoms with Crippen molar-refractivity contribution in [3.63, 3.8) is 0 Å². The molecule has 5 nitrogen and oxygen atoms in total. The van der Waals surface area contributed by atoms with Gasteiger partial charge in [0.15, 0.2) is 5.69 Å². The molecule has 0 radical (unpaired) electrons. The van der Waals surface area contributed by atoms with Crippen LogP contribution < -0.4 is 5.32 Å². The molecule has 0 bridgehead atoms. The van der Waals surface area contributed by atoms with Crippen molar-refractivity contribution in [3.05, 3.63) is 52.7 Å². The molecule has 0 saturated heterocycles. The van der Waals surface area contributed by atoms with Crippen molar-refractivity contribution in [1.29, 1.82) is 0 Å². The van der Waals surface area contributed by atoms with Crippen LogP contribution in [0.1, 0.15) is 29.0 Å². The fourth-order valence-corrected chi connectivity index (χ4v) is 2.25. The molecule has 1 aromatic carbocycles. The number of hydrogen-bond acceptors (Lipinski definition) is 4. The second-order valence-corrected chi connectivity index (χ2v) is 5.07. The van der Waals surface area contributed by atoms with Gasteiger partial charge in [0, 0.05) is 19.1 Å². The monoisotopic (exact) mass is 304 g/mol. The van der Waals surface area contributed by atoms with Crippen molar-refractivity contribution in [2.45, 2.75) is 13.0 Å². The second-order valence-electron chi connectivity index (χ2n) is 4.67. The Morgan fingerprint density at radius 3 is 2.52 bits per heavy atom. The van der Waals surface area contributed by atoms with Crippen LogP contribution in [0, 0.1) is 0 Å². The van der Waals surface area contributed by atoms with Crippen LogP contribution in [0.3, 0.4) is 0 Å². The van der Waals surface area contributed by atoms with Gasteiger partial charge in [-0.05, 0) is 30.7 Å². The Labute approximate surface area is 128 Å². The van der Waals surface area contributed by atoms with E-state index in [-0.39, 0.29) is 11.9 Å². The van der Waals surface area contributed by atoms with Gasteiger partial charge in [-0.15, -0.1) is 10.2 Å². The molecule has 6 heteroatoms. The third-order valence-corrected chi connectivity index (χ3v) is 3.74. The fraction of sp³-hybridized carbons (Fsp3) is 0.267. The number of aromatic nitrogens is 2. The molecule has 1 aromatic heterocycles. The summed E-state index contributed by atoms with van der Waals surface area (Å²) in [6.07, 6.45) is 0. The quantitative estimate of drug-likeness (QED) is 0.943. The number of carbonyl (C=O) groups excluding carboxylic acids is 1. The van der Waals surface area contributed by atoms with Gasteiger partial charge < -0.3 is 10.2 Å². The van der Waals surface area contributed by atoms with Crippen LogP contribution in [0.25, 0.3) is 0 Å². The predicted octanol–water partition coefficient (Wildman–Crippen LogP) is 3.00. The van der Waals surface area contributed by atoms with E-state index in [1.807, 2.05) is 31.2 Å². The van der Waals surface area contributed by atoms with Gasteiger partial charge in [0.25, 0.3) is 5.91 Å². The molecule has 2 aromatic rings. The van der Waals surface area contributed by atoms with Gasteiger partial charge in [0.1, 0.15) is 5.82 Å². The standard InChI is InChI=1S/C15H17ClN4O/c1-10(11-6-4-5-7-12(11)16)20(3)15(21)13-8-9-14(17-2)19-18-13/h4-10H,1-3H3,(H,17,19). The largest absolute Gasteiger partial charge is 0.372 e. The highest BCUT2D eigenvalue weighted by atomic mass is 35.5. The summed E-state index contributed by atoms with van der Waals surface area (Å²) in [5, 5.41) is 11.4. The maximum absolute atomic E-state index is 12.4. The van der Waals surface area contributed by atoms with E-state index in [1.54, 1.807) is 31.1 Å². The Bertz CT molecular complexity index is 630. The zero-order valence-electron chi connectivity index (χ0n) is 12.2. The highest BCUT2D eigenvalue weighted by Gasteiger charge is 2.21. The molecular weight excluding hydrogens is 288 g/mol. The van der Waals surface area contributed by atoms with Gasteiger partial charge in [0.2, 0.25) is 0 Å². The van der Waals surface area contributed by atoms with Crippen LogP contribution in [-0.4, -0.2) is 35.1 Å². The van der Waals surface area contributed by atoms with Crippen LogP contribution in [0.2, 0.25) is 5.02 Å². The van der Waals surface area contributed by atoms with Crippen LogP contribution >= 0.6 is 11.6 Å². The minimum atomic E-state index is -0.197. The van der Waals surface area contributed by atoms with E-state index in [1.165, 1.54) is 0 Å². The minimum Gasteiger partial charge on any atom is -0.372 e. The molecule has 1 N–H and O–H groups in total. The number of benzene rings is 1. The van der Waals surface area contributed by atoms with Gasteiger partial charge >= 0.3 is 0 Å². The highest BCUT2D eigenvalue weighted by molar-refractivity contribution is 6.31. The number of nitrogens with zero attached hydrogens (tertiary/aromatic N) is 3. The highest BCUT2D eigenvalue weighted by Crippen LogP contribution is 2.26. The van der Waals surface area contributed by atoms with Crippen LogP contribution in [0.5, 0.6) is 0 Å². The van der Waals surface area contributed by atoms with Crippen molar-refractivity contribution < 1.29 is 4.79 Å². The maximum atomic E-state index is 12.4. The normalized spacial score (nSPS) is 11.8. The molecule has 1 amide bonds. The molecule has 1 atom stereocenters. The lowest BCUT2D eigenvalue weighted by Gasteiger charge is -2.25. The summed E-state index contributed by atoms with van der Waals surface area (Å²) < 4.78 is 0. The first-order valence-corrected chi connectivity index (χ1v) is 6.95. The zero-order valence-corrected chi connectivity index (χ0v) is 12.9. The maximum Gasteiger partial charge on any atom is 0.274 e. The van der Waals surface area contributed by atoms with Crippen molar-refractivity contribution in [2.24, 2.45) is 0 Å². The summed E-state index contributed by atoms with van der Waals surface area (Å²) >= 11 is 6.18. The van der Waals surface area contributed by atoms with E-state index in [4.69, 9.17) is 11.6 Å². The van der Waals surface area contributed by atoms with E-state index < -0.39 is 0 Å². The molecule has 0 aliphatic rings. The number of halogens is 1. The third-order valence-electron chi connectivity index (χ3n) is 3.40. The molecular formula is C15H17ClN4O. The molecule has 1 heterocycles. The fourth-order valence-electron chi connectivity index (χ4n) is 1.96. The molecule has 0 fully saturated rings. The number of carbonyl (C=O) groups is 1. The number of anilines is 1. The van der Waals surface area contributed by atoms with Gasteiger partial charge in [-0.25, -0.2) is 0 Å². The first-order chi connectivity index (χ1) is 10.0. The summed E-state index contributed by atoms with van der Waals surface area (Å²) in [5.41, 5.74) is 1.20. The average Bonchev–Trinajstić information content (AvgIpc) is 2.53. The van der Waals surface area contributed by atoms with Crippen molar-refractivity contribution >= 4 is 23.3 Å². The third kappa shape index (κ3) is 3.31. The summed E-state index contributed by atoms with van der Waals surface area (Å²) in [7, 11) is 3.47. The molecule has 0 aliphatic carbocycles. The van der Waals surface area contributed by atoms with Crippen LogP contribution in [0.4, 0.5) is 5.82 Å². The number of hydrogen-bond donors (Lipinski definition) is 1. The summed E-state index contributed by atoms with van der Waals surface area (Å²) in [5.74, 6) is 0.422. The number of rotatable bonds is 4. The van der Waals surface area contributed by atoms with E-state index in [2.05, 4.69) is 15.5 Å². The van der Waals surface area contributed by atoms with Crippen LogP contribution in [-0.2, 0) is 0 Å². The van der Waals surface area contributed by atoms with Crippen molar-refractivity contribution in [2.75, 3.05) is 19.4 Å². The lowest BCUT2D eigenvalue weighted by Crippen LogP contribution is -2.30. The van der Waals surface area contributed by atoms with Crippen molar-refractivity contribution in [3.8, 4) is 0 Å². The SMILES string of the molecule is CNc1ccc(C(=O)N(C)C(C)c2ccccc2Cl)nn1. The molecule has 2 rings (SSSR count). The average molecular weight is 305 g/mol. The van der Waals surface area contributed by atoms with Gasteiger partial charge in [0.05, 0.1) is 6.04 Å². The Morgan fingerprint density at radius 2 is 1.95 bits per heavy atom. The molecule has 1 unspecified atom stereocenters. The summed E-state index contributed by atoms with van der Waals surface area (Å²) in [4.78, 5) is 14.0. The van der Waals surface area contributed by atoms with Gasteiger partial charge in [-0.2, -0.15) is 0 Å². The Morgan fingerprint density at radius 1 is 1.24 bits per heavy atom. The lowest BCUT2D eigenvalue weighted by atomic mass is 10.1. The number of nitrogens with one attached hydrogen (secondary N) is 1. The molecule has 21 heavy (non-hydrogen) atoms. The molecule has 0 spiro atoms. The number of amides is 1. The zero-order chi connectivity index (χ0) is 15.4. The van der Waals surface area contributed by atoms with Crippen LogP contribution in [0.15, 0.2) is 36.4 Å². The Balaban J connectivity index is 2.20. The summed E-state index contributed by atoms with van der Waals surface area (Å²) in [6.45, 7) is 1.93. The Hall–Kier alpha value is -2.14. The van der Waals surface area contributed by atoms with Gasteiger partial charge in [-0.3, -0.25) is 4.79 Å². The van der Waals surface area contributed by atoms with E-state index >= 15 is 0 Å². The second kappa shape index (κ2) is 6.54. The predicted molar refractivity (Wildman–Crippen MR) is 83.5 cm³/mol. The molecule has 0 aliphatic heterocycles. The Kier molecular flexibility index (Phi) is 4.75. The molecule has 0 saturated carbocycles. The van der Waals surface area contributed by atoms with E-state index in [0.29, 0.717) is 16.5 Å². The van der Waals surface area contributed by atoms with E-state index in [9.17, 15) is 4.79 Å². The summed E-state index contributed by atoms with van der Waals surface area (Å²) in [6, 6.07) is 10.7. The first kappa shape index (κ1) is 15.3.